The minimum Gasteiger partial charge on any atom is -0.352 e. The van der Waals surface area contributed by atoms with Crippen molar-refractivity contribution in [2.45, 2.75) is 38.6 Å². The summed E-state index contributed by atoms with van der Waals surface area (Å²) >= 11 is 0. The second-order valence-electron chi connectivity index (χ2n) is 4.61. The number of benzene rings is 1. The Morgan fingerprint density at radius 1 is 1.21 bits per heavy atom. The van der Waals surface area contributed by atoms with Crippen LogP contribution in [0.25, 0.3) is 0 Å². The fourth-order valence-electron chi connectivity index (χ4n) is 2.06. The molecule has 1 unspecified atom stereocenters. The third kappa shape index (κ3) is 7.85. The number of rotatable bonds is 8. The Hall–Kier alpha value is -1.06. The van der Waals surface area contributed by atoms with Gasteiger partial charge in [0.2, 0.25) is 5.91 Å². The zero-order chi connectivity index (χ0) is 13.2. The molecule has 2 N–H and O–H groups in total. The van der Waals surface area contributed by atoms with Crippen LogP contribution in [-0.4, -0.2) is 25.5 Å². The lowest BCUT2D eigenvalue weighted by Gasteiger charge is -2.18. The van der Waals surface area contributed by atoms with Crippen molar-refractivity contribution in [1.82, 2.24) is 10.6 Å². The van der Waals surface area contributed by atoms with E-state index in [9.17, 15) is 4.79 Å². The average molecular weight is 285 g/mol. The highest BCUT2D eigenvalue weighted by atomic mass is 35.5. The Bertz CT molecular complexity index is 343. The smallest absolute Gasteiger partial charge is 0.234 e. The molecule has 0 aliphatic heterocycles. The van der Waals surface area contributed by atoms with E-state index >= 15 is 0 Å². The fourth-order valence-corrected chi connectivity index (χ4v) is 2.06. The highest BCUT2D eigenvalue weighted by molar-refractivity contribution is 5.85. The molecule has 0 bridgehead atoms. The lowest BCUT2D eigenvalue weighted by Crippen LogP contribution is -2.39. The van der Waals surface area contributed by atoms with Crippen molar-refractivity contribution in [1.29, 1.82) is 0 Å². The van der Waals surface area contributed by atoms with Gasteiger partial charge in [0.1, 0.15) is 0 Å². The van der Waals surface area contributed by atoms with Gasteiger partial charge in [0.15, 0.2) is 0 Å². The number of carbonyl (C=O) groups excluding carboxylic acids is 1. The van der Waals surface area contributed by atoms with E-state index < -0.39 is 0 Å². The van der Waals surface area contributed by atoms with Gasteiger partial charge >= 0.3 is 0 Å². The van der Waals surface area contributed by atoms with Crippen LogP contribution in [0.3, 0.4) is 0 Å². The van der Waals surface area contributed by atoms with Gasteiger partial charge in [0.05, 0.1) is 6.54 Å². The summed E-state index contributed by atoms with van der Waals surface area (Å²) in [5, 5.41) is 5.96. The predicted molar refractivity (Wildman–Crippen MR) is 82.8 cm³/mol. The molecule has 1 amide bonds. The van der Waals surface area contributed by atoms with E-state index in [0.29, 0.717) is 6.54 Å². The van der Waals surface area contributed by atoms with Crippen LogP contribution in [0.1, 0.15) is 31.7 Å². The van der Waals surface area contributed by atoms with Gasteiger partial charge in [-0.2, -0.15) is 0 Å². The molecule has 1 aromatic rings. The molecule has 108 valence electrons. The molecule has 1 aromatic carbocycles. The molecule has 0 saturated heterocycles. The lowest BCUT2D eigenvalue weighted by molar-refractivity contribution is -0.120. The number of halogens is 1. The van der Waals surface area contributed by atoms with E-state index in [1.54, 1.807) is 7.05 Å². The number of hydrogen-bond donors (Lipinski definition) is 2. The number of carbonyl (C=O) groups is 1. The fraction of sp³-hybridized carbons (Fsp3) is 0.533. The van der Waals surface area contributed by atoms with Crippen molar-refractivity contribution in [2.24, 2.45) is 0 Å². The number of hydrogen-bond acceptors (Lipinski definition) is 2. The third-order valence-corrected chi connectivity index (χ3v) is 2.96. The standard InChI is InChI=1S/C15H24N2O.ClH/c1-3-7-14(17-15(18)12-16-2)11-10-13-8-5-4-6-9-13;/h4-6,8-9,14,16H,3,7,10-12H2,1-2H3,(H,17,18);1H. The van der Waals surface area contributed by atoms with Gasteiger partial charge in [-0.1, -0.05) is 43.7 Å². The number of likely N-dealkylation sites (N-methyl/N-ethyl adjacent to an activating group) is 1. The maximum absolute atomic E-state index is 11.6. The molecule has 3 nitrogen and oxygen atoms in total. The van der Waals surface area contributed by atoms with Crippen molar-refractivity contribution >= 4 is 18.3 Å². The quantitative estimate of drug-likeness (QED) is 0.770. The van der Waals surface area contributed by atoms with E-state index in [0.717, 1.165) is 25.7 Å². The molecule has 0 aromatic heterocycles. The summed E-state index contributed by atoms with van der Waals surface area (Å²) < 4.78 is 0. The van der Waals surface area contributed by atoms with Crippen molar-refractivity contribution in [3.05, 3.63) is 35.9 Å². The minimum absolute atomic E-state index is 0. The summed E-state index contributed by atoms with van der Waals surface area (Å²) in [4.78, 5) is 11.6. The second kappa shape index (κ2) is 10.8. The molecule has 19 heavy (non-hydrogen) atoms. The normalized spacial score (nSPS) is 11.5. The first kappa shape index (κ1) is 17.9. The zero-order valence-corrected chi connectivity index (χ0v) is 12.6. The molecule has 0 aliphatic carbocycles. The number of nitrogens with one attached hydrogen (secondary N) is 2. The molecule has 0 spiro atoms. The van der Waals surface area contributed by atoms with E-state index in [1.807, 2.05) is 6.07 Å². The molecular formula is C15H25ClN2O. The molecule has 0 heterocycles. The van der Waals surface area contributed by atoms with Gasteiger partial charge in [-0.3, -0.25) is 4.79 Å². The van der Waals surface area contributed by atoms with Crippen molar-refractivity contribution in [2.75, 3.05) is 13.6 Å². The summed E-state index contributed by atoms with van der Waals surface area (Å²) in [5.41, 5.74) is 1.33. The highest BCUT2D eigenvalue weighted by Crippen LogP contribution is 2.08. The first-order chi connectivity index (χ1) is 8.76. The summed E-state index contributed by atoms with van der Waals surface area (Å²) in [7, 11) is 1.79. The molecule has 0 fully saturated rings. The van der Waals surface area contributed by atoms with Crippen LogP contribution in [0.5, 0.6) is 0 Å². The van der Waals surface area contributed by atoms with Crippen LogP contribution >= 0.6 is 12.4 Å². The van der Waals surface area contributed by atoms with Crippen LogP contribution in [0.2, 0.25) is 0 Å². The Morgan fingerprint density at radius 3 is 2.47 bits per heavy atom. The third-order valence-electron chi connectivity index (χ3n) is 2.96. The summed E-state index contributed by atoms with van der Waals surface area (Å²) in [6.07, 6.45) is 4.17. The van der Waals surface area contributed by atoms with Gasteiger partial charge < -0.3 is 10.6 Å². The van der Waals surface area contributed by atoms with E-state index in [4.69, 9.17) is 0 Å². The predicted octanol–water partition coefficient (Wildman–Crippen LogP) is 2.55. The topological polar surface area (TPSA) is 41.1 Å². The first-order valence-electron chi connectivity index (χ1n) is 6.74. The monoisotopic (exact) mass is 284 g/mol. The molecule has 0 saturated carbocycles. The summed E-state index contributed by atoms with van der Waals surface area (Å²) in [5.74, 6) is 0.0870. The van der Waals surface area contributed by atoms with Crippen LogP contribution < -0.4 is 10.6 Å². The Labute approximate surface area is 122 Å². The van der Waals surface area contributed by atoms with Crippen molar-refractivity contribution in [3.8, 4) is 0 Å². The Kier molecular flexibility index (Phi) is 10.2. The SMILES string of the molecule is CCCC(CCc1ccccc1)NC(=O)CNC.Cl. The number of amides is 1. The summed E-state index contributed by atoms with van der Waals surface area (Å²) in [6, 6.07) is 10.7. The highest BCUT2D eigenvalue weighted by Gasteiger charge is 2.10. The van der Waals surface area contributed by atoms with Crippen molar-refractivity contribution < 1.29 is 4.79 Å². The van der Waals surface area contributed by atoms with Crippen molar-refractivity contribution in [3.63, 3.8) is 0 Å². The molecule has 0 aliphatic rings. The molecule has 1 rings (SSSR count). The maximum atomic E-state index is 11.6. The molecular weight excluding hydrogens is 260 g/mol. The van der Waals surface area contributed by atoms with Crippen LogP contribution in [0.4, 0.5) is 0 Å². The van der Waals surface area contributed by atoms with Gasteiger partial charge in [0, 0.05) is 6.04 Å². The lowest BCUT2D eigenvalue weighted by atomic mass is 10.0. The second-order valence-corrected chi connectivity index (χ2v) is 4.61. The number of aryl methyl sites for hydroxylation is 1. The van der Waals surface area contributed by atoms with Gasteiger partial charge in [-0.15, -0.1) is 12.4 Å². The Balaban J connectivity index is 0.00000324. The Morgan fingerprint density at radius 2 is 1.89 bits per heavy atom. The maximum Gasteiger partial charge on any atom is 0.234 e. The van der Waals surface area contributed by atoms with Gasteiger partial charge in [-0.05, 0) is 31.9 Å². The molecule has 1 atom stereocenters. The van der Waals surface area contributed by atoms with Crippen LogP contribution in [0.15, 0.2) is 30.3 Å². The van der Waals surface area contributed by atoms with Gasteiger partial charge in [-0.25, -0.2) is 0 Å². The average Bonchev–Trinajstić information content (AvgIpc) is 2.38. The largest absolute Gasteiger partial charge is 0.352 e. The zero-order valence-electron chi connectivity index (χ0n) is 11.8. The van der Waals surface area contributed by atoms with E-state index in [-0.39, 0.29) is 24.4 Å². The van der Waals surface area contributed by atoms with Crippen LogP contribution in [0, 0.1) is 0 Å². The van der Waals surface area contributed by atoms with Gasteiger partial charge in [0.25, 0.3) is 0 Å². The van der Waals surface area contributed by atoms with Crippen LogP contribution in [-0.2, 0) is 11.2 Å². The molecule has 0 radical (unpaired) electrons. The first-order valence-corrected chi connectivity index (χ1v) is 6.74. The molecule has 4 heteroatoms. The van der Waals surface area contributed by atoms with E-state index in [1.165, 1.54) is 5.56 Å². The summed E-state index contributed by atoms with van der Waals surface area (Å²) in [6.45, 7) is 2.55. The minimum atomic E-state index is 0. The van der Waals surface area contributed by atoms with E-state index in [2.05, 4.69) is 41.8 Å².